The van der Waals surface area contributed by atoms with Gasteiger partial charge in [0, 0.05) is 29.8 Å². The van der Waals surface area contributed by atoms with E-state index in [1.165, 1.54) is 6.07 Å². The van der Waals surface area contributed by atoms with Gasteiger partial charge in [0.1, 0.15) is 11.6 Å². The molecule has 2 aromatic rings. The number of benzene rings is 2. The van der Waals surface area contributed by atoms with Crippen LogP contribution in [-0.2, 0) is 33.1 Å². The summed E-state index contributed by atoms with van der Waals surface area (Å²) in [6.45, 7) is 0.705. The number of rotatable bonds is 10. The Labute approximate surface area is 230 Å². The summed E-state index contributed by atoms with van der Waals surface area (Å²) < 4.78 is 19.6. The molecule has 4 rings (SSSR count). The lowest BCUT2D eigenvalue weighted by atomic mass is 9.80. The van der Waals surface area contributed by atoms with Crippen molar-refractivity contribution in [2.75, 3.05) is 7.11 Å². The molecule has 12 heteroatoms. The van der Waals surface area contributed by atoms with Crippen LogP contribution in [0.3, 0.4) is 0 Å². The van der Waals surface area contributed by atoms with E-state index in [1.807, 2.05) is 18.2 Å². The van der Waals surface area contributed by atoms with Crippen molar-refractivity contribution < 1.29 is 54.2 Å². The van der Waals surface area contributed by atoms with E-state index in [1.54, 1.807) is 25.3 Å². The Morgan fingerprint density at radius 1 is 1.02 bits per heavy atom. The maximum atomic E-state index is 14.3. The molecule has 6 N–H and O–H groups in total. The first-order valence-corrected chi connectivity index (χ1v) is 12.7. The van der Waals surface area contributed by atoms with Crippen molar-refractivity contribution in [3.8, 4) is 5.75 Å². The van der Waals surface area contributed by atoms with Crippen molar-refractivity contribution in [1.82, 2.24) is 4.90 Å². The first kappa shape index (κ1) is 31.0. The molecule has 0 aliphatic carbocycles. The fourth-order valence-corrected chi connectivity index (χ4v) is 5.61. The van der Waals surface area contributed by atoms with Gasteiger partial charge in [-0.1, -0.05) is 24.3 Å². The number of carboxylic acid groups (broad SMARTS) is 3. The van der Waals surface area contributed by atoms with E-state index in [9.17, 15) is 29.0 Å². The monoisotopic (exact) mass is 563 g/mol. The van der Waals surface area contributed by atoms with Crippen LogP contribution in [0, 0.1) is 5.82 Å². The van der Waals surface area contributed by atoms with Crippen LogP contribution < -0.4 is 4.74 Å². The Morgan fingerprint density at radius 2 is 1.60 bits per heavy atom. The van der Waals surface area contributed by atoms with E-state index in [2.05, 4.69) is 4.90 Å². The predicted octanol–water partition coefficient (Wildman–Crippen LogP) is 2.09. The van der Waals surface area contributed by atoms with Crippen molar-refractivity contribution in [3.63, 3.8) is 0 Å². The maximum absolute atomic E-state index is 14.3. The molecule has 218 valence electrons. The van der Waals surface area contributed by atoms with Crippen molar-refractivity contribution >= 4 is 17.9 Å². The van der Waals surface area contributed by atoms with Gasteiger partial charge in [-0.15, -0.1) is 0 Å². The smallest absolute Gasteiger partial charge is 0.336 e. The lowest BCUT2D eigenvalue weighted by Crippen LogP contribution is -2.49. The molecule has 0 saturated carbocycles. The zero-order valence-electron chi connectivity index (χ0n) is 22.0. The first-order chi connectivity index (χ1) is 18.8. The van der Waals surface area contributed by atoms with Crippen LogP contribution in [0.5, 0.6) is 5.75 Å². The number of piperidine rings is 1. The number of hydrogen-bond acceptors (Lipinski definition) is 8. The molecule has 2 saturated heterocycles. The highest BCUT2D eigenvalue weighted by molar-refractivity contribution is 5.88. The van der Waals surface area contributed by atoms with E-state index in [-0.39, 0.29) is 24.5 Å². The van der Waals surface area contributed by atoms with Crippen LogP contribution >= 0.6 is 0 Å². The average molecular weight is 564 g/mol. The van der Waals surface area contributed by atoms with E-state index in [0.717, 1.165) is 30.5 Å². The molecule has 0 spiro atoms. The number of hydrogen-bond donors (Lipinski definition) is 6. The molecular weight excluding hydrogens is 529 g/mol. The lowest BCUT2D eigenvalue weighted by Gasteiger charge is -2.44. The summed E-state index contributed by atoms with van der Waals surface area (Å²) >= 11 is 0. The molecule has 2 heterocycles. The van der Waals surface area contributed by atoms with Crippen LogP contribution in [0.2, 0.25) is 0 Å². The molecular formula is C28H34FNO10. The molecule has 11 nitrogen and oxygen atoms in total. The highest BCUT2D eigenvalue weighted by atomic mass is 19.1. The third kappa shape index (κ3) is 7.13. The van der Waals surface area contributed by atoms with Gasteiger partial charge in [0.05, 0.1) is 32.2 Å². The number of aliphatic hydroxyl groups excluding tert-OH is 1. The highest BCUT2D eigenvalue weighted by Gasteiger charge is 2.49. The van der Waals surface area contributed by atoms with E-state index < -0.39 is 42.0 Å². The first-order valence-electron chi connectivity index (χ1n) is 12.7. The second-order valence-electron chi connectivity index (χ2n) is 10.3. The third-order valence-electron chi connectivity index (χ3n) is 7.46. The quantitative estimate of drug-likeness (QED) is 0.249. The van der Waals surface area contributed by atoms with Gasteiger partial charge < -0.3 is 35.4 Å². The summed E-state index contributed by atoms with van der Waals surface area (Å²) in [5, 5.41) is 54.6. The molecule has 2 aliphatic rings. The second-order valence-corrected chi connectivity index (χ2v) is 10.3. The number of aliphatic hydroxyl groups is 3. The van der Waals surface area contributed by atoms with E-state index in [0.29, 0.717) is 24.2 Å². The number of aliphatic carboxylic acids is 3. The molecule has 2 atom stereocenters. The minimum atomic E-state index is -2.74. The summed E-state index contributed by atoms with van der Waals surface area (Å²) in [6.07, 6.45) is 0.846. The summed E-state index contributed by atoms with van der Waals surface area (Å²) in [7, 11) is 1.60. The molecule has 0 aromatic heterocycles. The normalized spacial score (nSPS) is 22.2. The SMILES string of the molecule is COc1ccc(CN2C3CCC2CC(O)(c2ccccc2F)C3)cc1CO.O=C(O)CC(O)(CC(=O)O)C(=O)O. The van der Waals surface area contributed by atoms with Gasteiger partial charge in [-0.3, -0.25) is 14.5 Å². The van der Waals surface area contributed by atoms with Gasteiger partial charge in [0.25, 0.3) is 0 Å². The number of methoxy groups -OCH3 is 1. The van der Waals surface area contributed by atoms with Gasteiger partial charge in [0.2, 0.25) is 0 Å². The number of carboxylic acids is 3. The number of carbonyl (C=O) groups is 3. The minimum Gasteiger partial charge on any atom is -0.496 e. The fourth-order valence-electron chi connectivity index (χ4n) is 5.61. The Bertz CT molecular complexity index is 1210. The summed E-state index contributed by atoms with van der Waals surface area (Å²) in [4.78, 5) is 32.9. The zero-order chi connectivity index (χ0) is 29.7. The largest absolute Gasteiger partial charge is 0.496 e. The van der Waals surface area contributed by atoms with Gasteiger partial charge in [-0.25, -0.2) is 9.18 Å². The summed E-state index contributed by atoms with van der Waals surface area (Å²) in [6, 6.07) is 12.9. The average Bonchev–Trinajstić information content (AvgIpc) is 3.12. The summed E-state index contributed by atoms with van der Waals surface area (Å²) in [5.41, 5.74) is -1.51. The summed E-state index contributed by atoms with van der Waals surface area (Å²) in [5.74, 6) is -4.65. The third-order valence-corrected chi connectivity index (χ3v) is 7.46. The Hall–Kier alpha value is -3.58. The number of fused-ring (bicyclic) bond motifs is 2. The molecule has 2 aromatic carbocycles. The molecule has 2 fully saturated rings. The van der Waals surface area contributed by atoms with Gasteiger partial charge in [0.15, 0.2) is 5.60 Å². The molecule has 2 bridgehead atoms. The van der Waals surface area contributed by atoms with Crippen molar-refractivity contribution in [2.24, 2.45) is 0 Å². The van der Waals surface area contributed by atoms with E-state index in [4.69, 9.17) is 25.2 Å². The van der Waals surface area contributed by atoms with Gasteiger partial charge in [-0.05, 0) is 49.4 Å². The van der Waals surface area contributed by atoms with Gasteiger partial charge in [-0.2, -0.15) is 0 Å². The van der Waals surface area contributed by atoms with Crippen LogP contribution in [0.25, 0.3) is 0 Å². The van der Waals surface area contributed by atoms with E-state index >= 15 is 0 Å². The molecule has 40 heavy (non-hydrogen) atoms. The molecule has 2 unspecified atom stereocenters. The highest BCUT2D eigenvalue weighted by Crippen LogP contribution is 2.46. The maximum Gasteiger partial charge on any atom is 0.336 e. The molecule has 0 amide bonds. The lowest BCUT2D eigenvalue weighted by molar-refractivity contribution is -0.170. The van der Waals surface area contributed by atoms with Crippen LogP contribution in [0.1, 0.15) is 55.2 Å². The van der Waals surface area contributed by atoms with Gasteiger partial charge >= 0.3 is 17.9 Å². The Kier molecular flexibility index (Phi) is 9.85. The predicted molar refractivity (Wildman–Crippen MR) is 138 cm³/mol. The number of ether oxygens (including phenoxy) is 1. The zero-order valence-corrected chi connectivity index (χ0v) is 22.0. The van der Waals surface area contributed by atoms with Crippen LogP contribution in [0.15, 0.2) is 42.5 Å². The fraction of sp³-hybridized carbons (Fsp3) is 0.464. The topological polar surface area (TPSA) is 185 Å². The molecule has 0 radical (unpaired) electrons. The van der Waals surface area contributed by atoms with Crippen molar-refractivity contribution in [1.29, 1.82) is 0 Å². The van der Waals surface area contributed by atoms with Crippen molar-refractivity contribution in [2.45, 2.75) is 75.0 Å². The molecule has 2 aliphatic heterocycles. The minimum absolute atomic E-state index is 0.0586. The van der Waals surface area contributed by atoms with Crippen molar-refractivity contribution in [3.05, 3.63) is 65.0 Å². The number of nitrogens with zero attached hydrogens (tertiary/aromatic N) is 1. The Balaban J connectivity index is 0.000000289. The number of halogens is 1. The standard InChI is InChI=1S/C22H26FNO3.C6H8O7/c1-27-21-9-6-15(10-16(21)14-25)13-24-17-7-8-18(24)12-22(26,11-17)19-4-2-3-5-20(19)23;7-3(8)1-6(13,5(11)12)2-4(9)10/h2-6,9-10,17-18,25-26H,7-8,11-14H2,1H3;13H,1-2H2,(H,7,8)(H,9,10)(H,11,12). The Morgan fingerprint density at radius 3 is 2.08 bits per heavy atom. The van der Waals surface area contributed by atoms with Crippen LogP contribution in [0.4, 0.5) is 4.39 Å². The second kappa shape index (κ2) is 12.7. The van der Waals surface area contributed by atoms with Crippen LogP contribution in [-0.4, -0.2) is 78.2 Å².